The van der Waals surface area contributed by atoms with Crippen molar-refractivity contribution in [3.63, 3.8) is 0 Å². The average Bonchev–Trinajstić information content (AvgIpc) is 2.47. The fourth-order valence-corrected chi connectivity index (χ4v) is 2.18. The Balaban J connectivity index is 2.45. The van der Waals surface area contributed by atoms with Crippen LogP contribution in [0.1, 0.15) is 15.9 Å². The highest BCUT2D eigenvalue weighted by atomic mass is 79.9. The van der Waals surface area contributed by atoms with Gasteiger partial charge in [-0.05, 0) is 12.1 Å². The number of benzene rings is 2. The Bertz CT molecular complexity index is 644. The van der Waals surface area contributed by atoms with Crippen LogP contribution in [0.2, 0.25) is 5.02 Å². The second-order valence-corrected chi connectivity index (χ2v) is 5.01. The Hall–Kier alpha value is -1.65. The van der Waals surface area contributed by atoms with Crippen LogP contribution in [0.4, 0.5) is 5.69 Å². The highest BCUT2D eigenvalue weighted by Crippen LogP contribution is 2.27. The maximum Gasteiger partial charge on any atom is 0.235 e. The maximum atomic E-state index is 12.5. The first-order valence-electron chi connectivity index (χ1n) is 5.87. The molecule has 0 aliphatic carbocycles. The summed E-state index contributed by atoms with van der Waals surface area (Å²) in [5.74, 6) is -0.463. The molecule has 2 rings (SSSR count). The number of amides is 1. The zero-order chi connectivity index (χ0) is 14.5. The molecule has 5 heteroatoms. The van der Waals surface area contributed by atoms with Crippen LogP contribution >= 0.6 is 27.5 Å². The SMILES string of the molecule is O=C(CBr)Nc1cccc(Cl)c1C(=O)c1ccccc1. The zero-order valence-electron chi connectivity index (χ0n) is 10.4. The summed E-state index contributed by atoms with van der Waals surface area (Å²) in [5, 5.41) is 3.12. The molecule has 0 unspecified atom stereocenters. The molecule has 0 saturated heterocycles. The van der Waals surface area contributed by atoms with Crippen LogP contribution in [0.15, 0.2) is 48.5 Å². The summed E-state index contributed by atoms with van der Waals surface area (Å²) in [4.78, 5) is 24.0. The van der Waals surface area contributed by atoms with E-state index in [2.05, 4.69) is 21.2 Å². The number of hydrogen-bond acceptors (Lipinski definition) is 2. The van der Waals surface area contributed by atoms with Crippen molar-refractivity contribution in [1.82, 2.24) is 0 Å². The minimum absolute atomic E-state index is 0.151. The quantitative estimate of drug-likeness (QED) is 0.670. The topological polar surface area (TPSA) is 46.2 Å². The van der Waals surface area contributed by atoms with Gasteiger partial charge in [0.15, 0.2) is 5.78 Å². The summed E-state index contributed by atoms with van der Waals surface area (Å²) in [5.41, 5.74) is 1.24. The van der Waals surface area contributed by atoms with Gasteiger partial charge in [-0.1, -0.05) is 63.9 Å². The Labute approximate surface area is 130 Å². The van der Waals surface area contributed by atoms with Crippen LogP contribution < -0.4 is 5.32 Å². The molecule has 0 aliphatic heterocycles. The third kappa shape index (κ3) is 3.26. The van der Waals surface area contributed by atoms with Gasteiger partial charge < -0.3 is 5.32 Å². The number of anilines is 1. The fourth-order valence-electron chi connectivity index (χ4n) is 1.78. The van der Waals surface area contributed by atoms with Gasteiger partial charge in [0.05, 0.1) is 21.6 Å². The number of ketones is 1. The number of alkyl halides is 1. The summed E-state index contributed by atoms with van der Waals surface area (Å²) >= 11 is 9.18. The summed E-state index contributed by atoms with van der Waals surface area (Å²) in [7, 11) is 0. The molecule has 0 spiro atoms. The van der Waals surface area contributed by atoms with Crippen molar-refractivity contribution >= 4 is 44.9 Å². The lowest BCUT2D eigenvalue weighted by Gasteiger charge is -2.11. The molecule has 2 aromatic rings. The standard InChI is InChI=1S/C15H11BrClNO2/c16-9-13(19)18-12-8-4-7-11(17)14(12)15(20)10-5-2-1-3-6-10/h1-8H,9H2,(H,18,19). The monoisotopic (exact) mass is 351 g/mol. The van der Waals surface area contributed by atoms with Crippen LogP contribution in [0.25, 0.3) is 0 Å². The van der Waals surface area contributed by atoms with Gasteiger partial charge >= 0.3 is 0 Å². The van der Waals surface area contributed by atoms with Crippen molar-refractivity contribution in [2.75, 3.05) is 10.6 Å². The van der Waals surface area contributed by atoms with Gasteiger partial charge in [-0.15, -0.1) is 0 Å². The second-order valence-electron chi connectivity index (χ2n) is 4.04. The highest BCUT2D eigenvalue weighted by molar-refractivity contribution is 9.09. The van der Waals surface area contributed by atoms with Gasteiger partial charge in [-0.3, -0.25) is 9.59 Å². The lowest BCUT2D eigenvalue weighted by atomic mass is 10.0. The summed E-state index contributed by atoms with van der Waals surface area (Å²) in [6.45, 7) is 0. The van der Waals surface area contributed by atoms with E-state index in [-0.39, 0.29) is 17.0 Å². The van der Waals surface area contributed by atoms with Crippen molar-refractivity contribution in [3.05, 3.63) is 64.7 Å². The number of rotatable bonds is 4. The summed E-state index contributed by atoms with van der Waals surface area (Å²) < 4.78 is 0. The van der Waals surface area contributed by atoms with Crippen molar-refractivity contribution < 1.29 is 9.59 Å². The van der Waals surface area contributed by atoms with E-state index >= 15 is 0 Å². The molecule has 0 bridgehead atoms. The fraction of sp³-hybridized carbons (Fsp3) is 0.0667. The third-order valence-corrected chi connectivity index (χ3v) is 3.50. The number of hydrogen-bond donors (Lipinski definition) is 1. The van der Waals surface area contributed by atoms with Crippen LogP contribution in [-0.2, 0) is 4.79 Å². The van der Waals surface area contributed by atoms with E-state index in [1.165, 1.54) is 0 Å². The van der Waals surface area contributed by atoms with E-state index in [9.17, 15) is 9.59 Å². The van der Waals surface area contributed by atoms with Gasteiger partial charge in [0.1, 0.15) is 0 Å². The van der Waals surface area contributed by atoms with Gasteiger partial charge in [-0.2, -0.15) is 0 Å². The Morgan fingerprint density at radius 2 is 1.75 bits per heavy atom. The molecule has 102 valence electrons. The molecular formula is C15H11BrClNO2. The first-order chi connectivity index (χ1) is 9.63. The van der Waals surface area contributed by atoms with Crippen LogP contribution in [0.5, 0.6) is 0 Å². The zero-order valence-corrected chi connectivity index (χ0v) is 12.7. The molecule has 0 saturated carbocycles. The van der Waals surface area contributed by atoms with Crippen LogP contribution in [-0.4, -0.2) is 17.0 Å². The van der Waals surface area contributed by atoms with Crippen molar-refractivity contribution in [2.45, 2.75) is 0 Å². The summed E-state index contributed by atoms with van der Waals surface area (Å²) in [6.07, 6.45) is 0. The lowest BCUT2D eigenvalue weighted by Crippen LogP contribution is -2.16. The Morgan fingerprint density at radius 3 is 2.40 bits per heavy atom. The Morgan fingerprint density at radius 1 is 1.05 bits per heavy atom. The van der Waals surface area contributed by atoms with Gasteiger partial charge in [0.2, 0.25) is 5.91 Å². The van der Waals surface area contributed by atoms with Crippen molar-refractivity contribution in [1.29, 1.82) is 0 Å². The molecule has 2 aromatic carbocycles. The van der Waals surface area contributed by atoms with E-state index in [0.717, 1.165) is 0 Å². The molecule has 1 N–H and O–H groups in total. The Kier molecular flexibility index (Phi) is 4.93. The largest absolute Gasteiger partial charge is 0.325 e. The smallest absolute Gasteiger partial charge is 0.235 e. The molecule has 0 aromatic heterocycles. The molecule has 0 heterocycles. The van der Waals surface area contributed by atoms with Crippen molar-refractivity contribution in [2.24, 2.45) is 0 Å². The van der Waals surface area contributed by atoms with E-state index in [1.54, 1.807) is 42.5 Å². The number of nitrogens with one attached hydrogen (secondary N) is 1. The predicted octanol–water partition coefficient (Wildman–Crippen LogP) is 3.90. The average molecular weight is 353 g/mol. The number of carbonyl (C=O) groups is 2. The van der Waals surface area contributed by atoms with Gasteiger partial charge in [-0.25, -0.2) is 0 Å². The van der Waals surface area contributed by atoms with Crippen LogP contribution in [0.3, 0.4) is 0 Å². The molecule has 3 nitrogen and oxygen atoms in total. The first-order valence-corrected chi connectivity index (χ1v) is 7.37. The molecule has 0 atom stereocenters. The maximum absolute atomic E-state index is 12.5. The molecule has 0 fully saturated rings. The third-order valence-electron chi connectivity index (χ3n) is 2.67. The van der Waals surface area contributed by atoms with E-state index in [1.807, 2.05) is 6.07 Å². The number of carbonyl (C=O) groups excluding carboxylic acids is 2. The molecule has 0 radical (unpaired) electrons. The normalized spacial score (nSPS) is 10.1. The molecule has 20 heavy (non-hydrogen) atoms. The second kappa shape index (κ2) is 6.68. The van der Waals surface area contributed by atoms with E-state index < -0.39 is 0 Å². The molecular weight excluding hydrogens is 342 g/mol. The van der Waals surface area contributed by atoms with Crippen molar-refractivity contribution in [3.8, 4) is 0 Å². The summed E-state index contributed by atoms with van der Waals surface area (Å²) in [6, 6.07) is 13.8. The predicted molar refractivity (Wildman–Crippen MR) is 83.8 cm³/mol. The highest BCUT2D eigenvalue weighted by Gasteiger charge is 2.18. The van der Waals surface area contributed by atoms with E-state index in [4.69, 9.17) is 11.6 Å². The molecule has 1 amide bonds. The molecule has 0 aliphatic rings. The van der Waals surface area contributed by atoms with Crippen LogP contribution in [0, 0.1) is 0 Å². The lowest BCUT2D eigenvalue weighted by molar-refractivity contribution is -0.113. The van der Waals surface area contributed by atoms with Gasteiger partial charge in [0, 0.05) is 5.56 Å². The first kappa shape index (κ1) is 14.8. The number of halogens is 2. The van der Waals surface area contributed by atoms with E-state index in [0.29, 0.717) is 21.8 Å². The minimum atomic E-state index is -0.241. The minimum Gasteiger partial charge on any atom is -0.325 e. The van der Waals surface area contributed by atoms with Gasteiger partial charge in [0.25, 0.3) is 0 Å².